The summed E-state index contributed by atoms with van der Waals surface area (Å²) in [5.74, 6) is -1.57. The third kappa shape index (κ3) is 9.14. The highest BCUT2D eigenvalue weighted by atomic mass is 32.3. The van der Waals surface area contributed by atoms with Crippen molar-refractivity contribution in [2.75, 3.05) is 19.6 Å². The Morgan fingerprint density at radius 1 is 1.03 bits per heavy atom. The number of sulfonamides is 2. The molecule has 0 spiro atoms. The van der Waals surface area contributed by atoms with Gasteiger partial charge in [0.1, 0.15) is 0 Å². The van der Waals surface area contributed by atoms with Gasteiger partial charge in [-0.3, -0.25) is 9.36 Å². The van der Waals surface area contributed by atoms with Crippen LogP contribution in [0.25, 0.3) is 0 Å². The third-order valence-electron chi connectivity index (χ3n) is 4.74. The van der Waals surface area contributed by atoms with Gasteiger partial charge in [-0.05, 0) is 50.3 Å². The molecule has 1 N–H and O–H groups in total. The molecule has 0 heterocycles. The number of hydrogen-bond acceptors (Lipinski definition) is 9. The fourth-order valence-electron chi connectivity index (χ4n) is 3.01. The number of alkyl halides is 3. The quantitative estimate of drug-likeness (QED) is 0.260. The summed E-state index contributed by atoms with van der Waals surface area (Å²) in [5.41, 5.74) is -5.23. The third-order valence-corrected chi connectivity index (χ3v) is 9.74. The highest BCUT2D eigenvalue weighted by Gasteiger charge is 2.48. The second-order valence-electron chi connectivity index (χ2n) is 7.39. The van der Waals surface area contributed by atoms with Crippen molar-refractivity contribution in [2.45, 2.75) is 56.9 Å². The molecule has 0 saturated carbocycles. The molecule has 2 unspecified atom stereocenters. The van der Waals surface area contributed by atoms with E-state index in [0.29, 0.717) is 16.1 Å². The maximum atomic E-state index is 12.5. The highest BCUT2D eigenvalue weighted by molar-refractivity contribution is 8.05. The number of ether oxygens (including phenoxy) is 1. The van der Waals surface area contributed by atoms with Gasteiger partial charge < -0.3 is 13.8 Å². The SMILES string of the molecule is CCOP(=O)(COC(=O)C(C)CC(CC)c1ccc(S(=O)(=O)NS(=O)(=O)C(F)(F)F)cc1)OCC. The van der Waals surface area contributed by atoms with Crippen molar-refractivity contribution in [3.63, 3.8) is 0 Å². The van der Waals surface area contributed by atoms with Crippen LogP contribution in [0.5, 0.6) is 0 Å². The first-order valence-electron chi connectivity index (χ1n) is 10.5. The summed E-state index contributed by atoms with van der Waals surface area (Å²) in [6.45, 7) is 6.83. The minimum atomic E-state index is -6.11. The number of hydrogen-bond donors (Lipinski definition) is 1. The molecular formula is C19H29F3NO9PS2. The largest absolute Gasteiger partial charge is 0.512 e. The predicted octanol–water partition coefficient (Wildman–Crippen LogP) is 4.10. The van der Waals surface area contributed by atoms with Crippen LogP contribution in [0.4, 0.5) is 13.2 Å². The van der Waals surface area contributed by atoms with Crippen LogP contribution in [0.1, 0.15) is 52.0 Å². The summed E-state index contributed by atoms with van der Waals surface area (Å²) < 4.78 is 112. The van der Waals surface area contributed by atoms with Gasteiger partial charge >= 0.3 is 29.1 Å². The molecule has 2 atom stereocenters. The summed E-state index contributed by atoms with van der Waals surface area (Å²) in [4.78, 5) is 11.7. The molecule has 0 amide bonds. The predicted molar refractivity (Wildman–Crippen MR) is 120 cm³/mol. The Balaban J connectivity index is 2.91. The van der Waals surface area contributed by atoms with E-state index >= 15 is 0 Å². The lowest BCUT2D eigenvalue weighted by molar-refractivity contribution is -0.146. The van der Waals surface area contributed by atoms with Crippen molar-refractivity contribution in [3.8, 4) is 0 Å². The zero-order chi connectivity index (χ0) is 27.1. The molecule has 35 heavy (non-hydrogen) atoms. The molecule has 0 saturated heterocycles. The van der Waals surface area contributed by atoms with E-state index < -0.39 is 56.3 Å². The standard InChI is InChI=1S/C19H29F3NO9PS2/c1-5-15(12-14(4)18(24)30-13-33(25,31-6-2)32-7-3)16-8-10-17(11-9-16)34(26,27)23-35(28,29)19(20,21)22/h8-11,14-15,23H,5-7,12-13H2,1-4H3. The van der Waals surface area contributed by atoms with Gasteiger partial charge in [0.25, 0.3) is 10.0 Å². The zero-order valence-electron chi connectivity index (χ0n) is 19.6. The van der Waals surface area contributed by atoms with Gasteiger partial charge in [-0.25, -0.2) is 16.8 Å². The van der Waals surface area contributed by atoms with Crippen LogP contribution < -0.4 is 4.13 Å². The molecule has 1 aromatic rings. The Labute approximate surface area is 203 Å². The van der Waals surface area contributed by atoms with Gasteiger partial charge in [0.2, 0.25) is 0 Å². The van der Waals surface area contributed by atoms with E-state index in [2.05, 4.69) is 0 Å². The number of halogens is 3. The van der Waals surface area contributed by atoms with Gasteiger partial charge in [0, 0.05) is 0 Å². The van der Waals surface area contributed by atoms with E-state index in [4.69, 9.17) is 13.8 Å². The average molecular weight is 568 g/mol. The average Bonchev–Trinajstić information content (AvgIpc) is 2.74. The normalized spacial score (nSPS) is 14.9. The number of rotatable bonds is 14. The summed E-state index contributed by atoms with van der Waals surface area (Å²) in [7, 11) is -14.7. The van der Waals surface area contributed by atoms with Gasteiger partial charge in [-0.15, -0.1) is 0 Å². The van der Waals surface area contributed by atoms with Crippen molar-refractivity contribution in [1.82, 2.24) is 4.13 Å². The number of esters is 1. The van der Waals surface area contributed by atoms with Crippen molar-refractivity contribution in [1.29, 1.82) is 0 Å². The maximum absolute atomic E-state index is 12.5. The van der Waals surface area contributed by atoms with Crippen LogP contribution in [0.2, 0.25) is 0 Å². The van der Waals surface area contributed by atoms with E-state index in [1.54, 1.807) is 20.8 Å². The molecule has 0 fully saturated rings. The van der Waals surface area contributed by atoms with Crippen LogP contribution in [0.3, 0.4) is 0 Å². The molecule has 1 rings (SSSR count). The van der Waals surface area contributed by atoms with Crippen LogP contribution in [0.15, 0.2) is 29.2 Å². The monoisotopic (exact) mass is 567 g/mol. The number of nitrogens with one attached hydrogen (secondary N) is 1. The summed E-state index contributed by atoms with van der Waals surface area (Å²) in [5, 5.41) is 0. The molecule has 0 aliphatic carbocycles. The second-order valence-corrected chi connectivity index (χ2v) is 13.0. The van der Waals surface area contributed by atoms with Crippen LogP contribution in [0, 0.1) is 5.92 Å². The molecule has 0 aromatic heterocycles. The molecule has 0 bridgehead atoms. The van der Waals surface area contributed by atoms with E-state index in [1.165, 1.54) is 12.1 Å². The lowest BCUT2D eigenvalue weighted by Gasteiger charge is -2.21. The molecule has 16 heteroatoms. The molecule has 202 valence electrons. The molecule has 0 aliphatic heterocycles. The zero-order valence-corrected chi connectivity index (χ0v) is 22.1. The van der Waals surface area contributed by atoms with Crippen molar-refractivity contribution >= 4 is 33.6 Å². The van der Waals surface area contributed by atoms with Gasteiger partial charge in [-0.2, -0.15) is 13.2 Å². The Morgan fingerprint density at radius 3 is 1.97 bits per heavy atom. The smallest absolute Gasteiger partial charge is 0.452 e. The summed E-state index contributed by atoms with van der Waals surface area (Å²) in [6.07, 6.45) is 0.228. The fourth-order valence-corrected chi connectivity index (χ4v) is 6.72. The van der Waals surface area contributed by atoms with E-state index in [-0.39, 0.29) is 25.6 Å². The lowest BCUT2D eigenvalue weighted by atomic mass is 9.88. The van der Waals surface area contributed by atoms with E-state index in [0.717, 1.165) is 12.1 Å². The first kappa shape index (κ1) is 31.5. The summed E-state index contributed by atoms with van der Waals surface area (Å²) >= 11 is 0. The first-order valence-corrected chi connectivity index (χ1v) is 15.2. The lowest BCUT2D eigenvalue weighted by Crippen LogP contribution is -2.40. The minimum absolute atomic E-state index is 0.103. The Kier molecular flexibility index (Phi) is 11.4. The van der Waals surface area contributed by atoms with Crippen molar-refractivity contribution < 1.29 is 53.2 Å². The van der Waals surface area contributed by atoms with E-state index in [9.17, 15) is 39.4 Å². The summed E-state index contributed by atoms with van der Waals surface area (Å²) in [6, 6.07) is 4.57. The molecule has 1 aromatic carbocycles. The molecular weight excluding hydrogens is 538 g/mol. The first-order chi connectivity index (χ1) is 16.0. The molecule has 10 nitrogen and oxygen atoms in total. The fraction of sp³-hybridized carbons (Fsp3) is 0.632. The van der Waals surface area contributed by atoms with Crippen molar-refractivity contribution in [3.05, 3.63) is 29.8 Å². The topological polar surface area (TPSA) is 142 Å². The second kappa shape index (κ2) is 12.6. The van der Waals surface area contributed by atoms with E-state index in [1.807, 2.05) is 6.92 Å². The number of carbonyl (C=O) groups excluding carboxylic acids is 1. The minimum Gasteiger partial charge on any atom is -0.452 e. The highest BCUT2D eigenvalue weighted by Crippen LogP contribution is 2.48. The van der Waals surface area contributed by atoms with Crippen molar-refractivity contribution in [2.24, 2.45) is 5.92 Å². The van der Waals surface area contributed by atoms with Gasteiger partial charge in [0.05, 0.1) is 24.0 Å². The Hall–Kier alpha value is -1.51. The molecule has 0 aliphatic rings. The maximum Gasteiger partial charge on any atom is 0.512 e. The van der Waals surface area contributed by atoms with Crippen LogP contribution in [-0.4, -0.2) is 47.9 Å². The Bertz CT molecular complexity index is 1100. The number of benzene rings is 1. The molecule has 0 radical (unpaired) electrons. The van der Waals surface area contributed by atoms with Crippen LogP contribution >= 0.6 is 7.60 Å². The van der Waals surface area contributed by atoms with Gasteiger partial charge in [-0.1, -0.05) is 30.1 Å². The Morgan fingerprint density at radius 2 is 1.54 bits per heavy atom. The van der Waals surface area contributed by atoms with Gasteiger partial charge in [0.15, 0.2) is 6.35 Å². The van der Waals surface area contributed by atoms with Crippen LogP contribution in [-0.2, 0) is 43.2 Å². The number of carbonyl (C=O) groups is 1.